The zero-order valence-corrected chi connectivity index (χ0v) is 10.9. The quantitative estimate of drug-likeness (QED) is 0.358. The number of rotatable bonds is 6. The van der Waals surface area contributed by atoms with Gasteiger partial charge in [0.2, 0.25) is 5.91 Å². The molecule has 104 valence electrons. The SMILES string of the molecule is CNC(=O)CCCOc1ccc(F)cc1C(C)=NO. The molecule has 2 N–H and O–H groups in total. The summed E-state index contributed by atoms with van der Waals surface area (Å²) in [6.45, 7) is 1.87. The number of nitrogens with zero attached hydrogens (tertiary/aromatic N) is 1. The second-order valence-electron chi connectivity index (χ2n) is 3.95. The van der Waals surface area contributed by atoms with Gasteiger partial charge in [0, 0.05) is 19.0 Å². The normalized spacial score (nSPS) is 11.2. The molecule has 0 unspecified atom stereocenters. The monoisotopic (exact) mass is 268 g/mol. The molecule has 1 aromatic rings. The van der Waals surface area contributed by atoms with Crippen LogP contribution in [-0.4, -0.2) is 30.5 Å². The maximum atomic E-state index is 13.1. The Labute approximate surface area is 111 Å². The smallest absolute Gasteiger partial charge is 0.219 e. The van der Waals surface area contributed by atoms with Gasteiger partial charge >= 0.3 is 0 Å². The van der Waals surface area contributed by atoms with E-state index in [0.29, 0.717) is 30.8 Å². The number of nitrogens with one attached hydrogen (secondary N) is 1. The first-order valence-electron chi connectivity index (χ1n) is 5.90. The number of oxime groups is 1. The van der Waals surface area contributed by atoms with Gasteiger partial charge in [-0.05, 0) is 31.5 Å². The van der Waals surface area contributed by atoms with E-state index in [9.17, 15) is 9.18 Å². The van der Waals surface area contributed by atoms with Crippen LogP contribution in [0.2, 0.25) is 0 Å². The summed E-state index contributed by atoms with van der Waals surface area (Å²) in [6.07, 6.45) is 0.909. The second-order valence-corrected chi connectivity index (χ2v) is 3.95. The van der Waals surface area contributed by atoms with Crippen molar-refractivity contribution in [1.82, 2.24) is 5.32 Å². The molecule has 0 atom stereocenters. The highest BCUT2D eigenvalue weighted by molar-refractivity contribution is 6.00. The van der Waals surface area contributed by atoms with E-state index in [1.165, 1.54) is 18.2 Å². The number of hydrogen-bond donors (Lipinski definition) is 2. The molecule has 1 aromatic carbocycles. The van der Waals surface area contributed by atoms with Gasteiger partial charge in [0.05, 0.1) is 12.3 Å². The van der Waals surface area contributed by atoms with E-state index in [2.05, 4.69) is 10.5 Å². The molecule has 0 spiro atoms. The van der Waals surface area contributed by atoms with Crippen LogP contribution in [0.3, 0.4) is 0 Å². The van der Waals surface area contributed by atoms with E-state index < -0.39 is 5.82 Å². The highest BCUT2D eigenvalue weighted by Crippen LogP contribution is 2.21. The summed E-state index contributed by atoms with van der Waals surface area (Å²) in [5.74, 6) is -0.0691. The van der Waals surface area contributed by atoms with Crippen LogP contribution in [0.15, 0.2) is 23.4 Å². The van der Waals surface area contributed by atoms with Crippen LogP contribution in [0.4, 0.5) is 4.39 Å². The summed E-state index contributed by atoms with van der Waals surface area (Å²) in [7, 11) is 1.57. The van der Waals surface area contributed by atoms with E-state index in [1.807, 2.05) is 0 Å². The number of benzene rings is 1. The molecule has 1 rings (SSSR count). The first kappa shape index (κ1) is 14.9. The van der Waals surface area contributed by atoms with Gasteiger partial charge in [-0.15, -0.1) is 0 Å². The first-order valence-corrected chi connectivity index (χ1v) is 5.90. The molecule has 0 radical (unpaired) electrons. The van der Waals surface area contributed by atoms with E-state index in [4.69, 9.17) is 9.94 Å². The lowest BCUT2D eigenvalue weighted by Crippen LogP contribution is -2.18. The van der Waals surface area contributed by atoms with Crippen molar-refractivity contribution in [2.45, 2.75) is 19.8 Å². The van der Waals surface area contributed by atoms with Crippen molar-refractivity contribution < 1.29 is 19.1 Å². The molecular formula is C13H17FN2O3. The Balaban J connectivity index is 2.65. The topological polar surface area (TPSA) is 70.9 Å². The van der Waals surface area contributed by atoms with Gasteiger partial charge in [-0.3, -0.25) is 4.79 Å². The van der Waals surface area contributed by atoms with Crippen molar-refractivity contribution in [3.63, 3.8) is 0 Å². The Morgan fingerprint density at radius 2 is 2.26 bits per heavy atom. The highest BCUT2D eigenvalue weighted by Gasteiger charge is 2.09. The van der Waals surface area contributed by atoms with Crippen molar-refractivity contribution >= 4 is 11.6 Å². The second kappa shape index (κ2) is 7.35. The number of amides is 1. The van der Waals surface area contributed by atoms with Crippen LogP contribution >= 0.6 is 0 Å². The van der Waals surface area contributed by atoms with Gasteiger partial charge in [-0.1, -0.05) is 5.16 Å². The summed E-state index contributed by atoms with van der Waals surface area (Å²) in [5.41, 5.74) is 0.656. The van der Waals surface area contributed by atoms with Gasteiger partial charge in [-0.25, -0.2) is 4.39 Å². The van der Waals surface area contributed by atoms with Gasteiger partial charge in [0.15, 0.2) is 0 Å². The van der Waals surface area contributed by atoms with Crippen LogP contribution in [0, 0.1) is 5.82 Å². The maximum Gasteiger partial charge on any atom is 0.219 e. The Bertz CT molecular complexity index is 475. The van der Waals surface area contributed by atoms with Crippen LogP contribution in [0.5, 0.6) is 5.75 Å². The lowest BCUT2D eigenvalue weighted by molar-refractivity contribution is -0.120. The molecule has 19 heavy (non-hydrogen) atoms. The van der Waals surface area contributed by atoms with Crippen LogP contribution < -0.4 is 10.1 Å². The summed E-state index contributed by atoms with van der Waals surface area (Å²) in [4.78, 5) is 11.0. The Kier molecular flexibility index (Phi) is 5.78. The zero-order valence-electron chi connectivity index (χ0n) is 10.9. The third-order valence-corrected chi connectivity index (χ3v) is 2.57. The average Bonchev–Trinajstić information content (AvgIpc) is 2.43. The molecule has 0 aliphatic carbocycles. The Morgan fingerprint density at radius 1 is 1.53 bits per heavy atom. The number of carbonyl (C=O) groups is 1. The van der Waals surface area contributed by atoms with Gasteiger partial charge < -0.3 is 15.3 Å². The molecule has 0 fully saturated rings. The van der Waals surface area contributed by atoms with Crippen molar-refractivity contribution in [2.24, 2.45) is 5.16 Å². The van der Waals surface area contributed by atoms with Crippen molar-refractivity contribution in [3.8, 4) is 5.75 Å². The molecule has 5 nitrogen and oxygen atoms in total. The summed E-state index contributed by atoms with van der Waals surface area (Å²) < 4.78 is 18.6. The number of halogens is 1. The first-order chi connectivity index (χ1) is 9.08. The third kappa shape index (κ3) is 4.57. The predicted octanol–water partition coefficient (Wildman–Crippen LogP) is 1.93. The fourth-order valence-corrected chi connectivity index (χ4v) is 1.50. The molecule has 6 heteroatoms. The van der Waals surface area contributed by atoms with E-state index >= 15 is 0 Å². The fourth-order valence-electron chi connectivity index (χ4n) is 1.50. The van der Waals surface area contributed by atoms with Crippen LogP contribution in [0.1, 0.15) is 25.3 Å². The standard InChI is InChI=1S/C13H17FN2O3/c1-9(16-18)11-8-10(14)5-6-12(11)19-7-3-4-13(17)15-2/h5-6,8,18H,3-4,7H2,1-2H3,(H,15,17). The minimum absolute atomic E-state index is 0.0592. The molecule has 0 aliphatic rings. The molecule has 0 saturated heterocycles. The lowest BCUT2D eigenvalue weighted by atomic mass is 10.1. The minimum atomic E-state index is -0.435. The number of ether oxygens (including phenoxy) is 1. The maximum absolute atomic E-state index is 13.1. The molecule has 0 saturated carbocycles. The predicted molar refractivity (Wildman–Crippen MR) is 69.2 cm³/mol. The molecule has 0 heterocycles. The molecule has 0 aliphatic heterocycles. The molecule has 1 amide bonds. The summed E-state index contributed by atoms with van der Waals surface area (Å²) in [5, 5.41) is 14.3. The minimum Gasteiger partial charge on any atom is -0.493 e. The van der Waals surface area contributed by atoms with Crippen LogP contribution in [0.25, 0.3) is 0 Å². The highest BCUT2D eigenvalue weighted by atomic mass is 19.1. The third-order valence-electron chi connectivity index (χ3n) is 2.57. The summed E-state index contributed by atoms with van der Waals surface area (Å²) in [6, 6.07) is 3.98. The van der Waals surface area contributed by atoms with Crippen molar-refractivity contribution in [2.75, 3.05) is 13.7 Å². The van der Waals surface area contributed by atoms with Crippen molar-refractivity contribution in [1.29, 1.82) is 0 Å². The van der Waals surface area contributed by atoms with E-state index in [0.717, 1.165) is 0 Å². The molecule has 0 aromatic heterocycles. The van der Waals surface area contributed by atoms with Crippen LogP contribution in [-0.2, 0) is 4.79 Å². The Morgan fingerprint density at radius 3 is 2.89 bits per heavy atom. The zero-order chi connectivity index (χ0) is 14.3. The summed E-state index contributed by atoms with van der Waals surface area (Å²) >= 11 is 0. The van der Waals surface area contributed by atoms with Gasteiger partial charge in [0.1, 0.15) is 11.6 Å². The van der Waals surface area contributed by atoms with Gasteiger partial charge in [-0.2, -0.15) is 0 Å². The Hall–Kier alpha value is -2.11. The van der Waals surface area contributed by atoms with Crippen molar-refractivity contribution in [3.05, 3.63) is 29.6 Å². The van der Waals surface area contributed by atoms with E-state index in [-0.39, 0.29) is 11.6 Å². The number of carbonyl (C=O) groups excluding carboxylic acids is 1. The molecular weight excluding hydrogens is 251 g/mol. The number of hydrogen-bond acceptors (Lipinski definition) is 4. The lowest BCUT2D eigenvalue weighted by Gasteiger charge is -2.10. The fraction of sp³-hybridized carbons (Fsp3) is 0.385. The van der Waals surface area contributed by atoms with Gasteiger partial charge in [0.25, 0.3) is 0 Å². The average molecular weight is 268 g/mol. The van der Waals surface area contributed by atoms with E-state index in [1.54, 1.807) is 14.0 Å². The largest absolute Gasteiger partial charge is 0.493 e. The molecule has 0 bridgehead atoms.